The third-order valence-electron chi connectivity index (χ3n) is 4.43. The molecule has 1 aliphatic heterocycles. The van der Waals surface area contributed by atoms with E-state index in [1.54, 1.807) is 0 Å². The molecule has 1 aromatic rings. The Morgan fingerprint density at radius 1 is 1.45 bits per heavy atom. The maximum Gasteiger partial charge on any atom is 0.114 e. The molecule has 1 saturated heterocycles. The van der Waals surface area contributed by atoms with Crippen LogP contribution in [-0.2, 0) is 12.0 Å². The van der Waals surface area contributed by atoms with E-state index < -0.39 is 0 Å². The highest BCUT2D eigenvalue weighted by Gasteiger charge is 2.44. The number of aromatic nitrogens is 1. The molecular weight excluding hydrogens is 266 g/mol. The third kappa shape index (κ3) is 2.92. The third-order valence-corrected chi connectivity index (χ3v) is 5.62. The van der Waals surface area contributed by atoms with Gasteiger partial charge in [0.25, 0.3) is 0 Å². The van der Waals surface area contributed by atoms with Crippen LogP contribution in [0.3, 0.4) is 0 Å². The van der Waals surface area contributed by atoms with Gasteiger partial charge in [-0.1, -0.05) is 13.8 Å². The molecule has 2 heterocycles. The van der Waals surface area contributed by atoms with Crippen LogP contribution in [0.15, 0.2) is 0 Å². The maximum atomic E-state index is 5.00. The van der Waals surface area contributed by atoms with E-state index in [1.165, 1.54) is 22.0 Å². The summed E-state index contributed by atoms with van der Waals surface area (Å²) in [7, 11) is 0. The first-order valence-corrected chi connectivity index (χ1v) is 8.80. The van der Waals surface area contributed by atoms with Gasteiger partial charge in [-0.05, 0) is 52.5 Å². The minimum Gasteiger partial charge on any atom is -0.316 e. The molecule has 1 aromatic heterocycles. The van der Waals surface area contributed by atoms with Crippen LogP contribution in [0.5, 0.6) is 0 Å². The van der Waals surface area contributed by atoms with Crippen molar-refractivity contribution < 1.29 is 0 Å². The van der Waals surface area contributed by atoms with Crippen molar-refractivity contribution in [3.05, 3.63) is 15.6 Å². The number of hydrogen-bond acceptors (Lipinski definition) is 4. The van der Waals surface area contributed by atoms with E-state index >= 15 is 0 Å². The summed E-state index contributed by atoms with van der Waals surface area (Å²) in [6.07, 6.45) is 3.36. The van der Waals surface area contributed by atoms with Gasteiger partial charge in [0.15, 0.2) is 0 Å². The standard InChI is InChI=1S/C16H29N3S/c1-6-13-10-17-9-8-16(13,19-11(3)4)15-18-14(7-2)12(5)20-15/h11,13,17,19H,6-10H2,1-5H3. The van der Waals surface area contributed by atoms with Crippen molar-refractivity contribution in [2.24, 2.45) is 5.92 Å². The lowest BCUT2D eigenvalue weighted by molar-refractivity contribution is 0.137. The molecule has 0 saturated carbocycles. The first kappa shape index (κ1) is 15.9. The zero-order chi connectivity index (χ0) is 14.8. The van der Waals surface area contributed by atoms with Crippen molar-refractivity contribution in [3.8, 4) is 0 Å². The van der Waals surface area contributed by atoms with Crippen LogP contribution in [0.25, 0.3) is 0 Å². The fraction of sp³-hybridized carbons (Fsp3) is 0.812. The second-order valence-corrected chi connectivity index (χ2v) is 7.41. The molecule has 2 unspecified atom stereocenters. The molecule has 2 atom stereocenters. The molecule has 3 nitrogen and oxygen atoms in total. The zero-order valence-electron chi connectivity index (χ0n) is 13.5. The van der Waals surface area contributed by atoms with Crippen LogP contribution in [-0.4, -0.2) is 24.1 Å². The molecule has 2 rings (SSSR count). The van der Waals surface area contributed by atoms with Gasteiger partial charge in [0.1, 0.15) is 5.01 Å². The second-order valence-electron chi connectivity index (χ2n) is 6.21. The Kier molecular flexibility index (Phi) is 5.21. The molecule has 0 spiro atoms. The number of rotatable bonds is 5. The van der Waals surface area contributed by atoms with Crippen molar-refractivity contribution in [2.45, 2.75) is 65.5 Å². The highest BCUT2D eigenvalue weighted by atomic mass is 32.1. The number of hydrogen-bond donors (Lipinski definition) is 2. The summed E-state index contributed by atoms with van der Waals surface area (Å²) >= 11 is 1.90. The normalized spacial score (nSPS) is 27.2. The van der Waals surface area contributed by atoms with E-state index in [-0.39, 0.29) is 5.54 Å². The van der Waals surface area contributed by atoms with E-state index in [0.717, 1.165) is 25.9 Å². The lowest BCUT2D eigenvalue weighted by Crippen LogP contribution is -2.58. The summed E-state index contributed by atoms with van der Waals surface area (Å²) in [5.74, 6) is 0.619. The van der Waals surface area contributed by atoms with Gasteiger partial charge in [-0.3, -0.25) is 0 Å². The average Bonchev–Trinajstić information content (AvgIpc) is 2.80. The molecule has 114 valence electrons. The Morgan fingerprint density at radius 2 is 2.20 bits per heavy atom. The Balaban J connectivity index is 2.43. The van der Waals surface area contributed by atoms with Crippen molar-refractivity contribution in [2.75, 3.05) is 13.1 Å². The first-order valence-electron chi connectivity index (χ1n) is 7.98. The summed E-state index contributed by atoms with van der Waals surface area (Å²) in [5, 5.41) is 8.75. The molecule has 2 N–H and O–H groups in total. The molecule has 0 bridgehead atoms. The topological polar surface area (TPSA) is 37.0 Å². The largest absolute Gasteiger partial charge is 0.316 e. The lowest BCUT2D eigenvalue weighted by Gasteiger charge is -2.45. The molecule has 1 fully saturated rings. The second kappa shape index (κ2) is 6.54. The average molecular weight is 295 g/mol. The molecule has 4 heteroatoms. The van der Waals surface area contributed by atoms with E-state index in [4.69, 9.17) is 4.98 Å². The van der Waals surface area contributed by atoms with Crippen LogP contribution in [0.1, 0.15) is 56.1 Å². The van der Waals surface area contributed by atoms with Gasteiger partial charge >= 0.3 is 0 Å². The Bertz CT molecular complexity index is 441. The summed E-state index contributed by atoms with van der Waals surface area (Å²) in [5.41, 5.74) is 1.35. The Labute approximate surface area is 127 Å². The fourth-order valence-electron chi connectivity index (χ4n) is 3.43. The van der Waals surface area contributed by atoms with E-state index in [9.17, 15) is 0 Å². The molecule has 0 aliphatic carbocycles. The predicted molar refractivity (Wildman–Crippen MR) is 87.4 cm³/mol. The predicted octanol–water partition coefficient (Wildman–Crippen LogP) is 3.23. The van der Waals surface area contributed by atoms with Gasteiger partial charge in [0.05, 0.1) is 11.2 Å². The zero-order valence-corrected chi connectivity index (χ0v) is 14.4. The van der Waals surface area contributed by atoms with Crippen molar-refractivity contribution >= 4 is 11.3 Å². The van der Waals surface area contributed by atoms with Gasteiger partial charge in [0, 0.05) is 17.5 Å². The van der Waals surface area contributed by atoms with Crippen LogP contribution >= 0.6 is 11.3 Å². The minimum atomic E-state index is 0.0665. The first-order chi connectivity index (χ1) is 9.53. The maximum absolute atomic E-state index is 5.00. The number of aryl methyl sites for hydroxylation is 2. The van der Waals surface area contributed by atoms with Gasteiger partial charge in [-0.2, -0.15) is 0 Å². The van der Waals surface area contributed by atoms with Crippen LogP contribution < -0.4 is 10.6 Å². The van der Waals surface area contributed by atoms with Gasteiger partial charge in [-0.15, -0.1) is 11.3 Å². The Morgan fingerprint density at radius 3 is 2.75 bits per heavy atom. The van der Waals surface area contributed by atoms with Gasteiger partial charge < -0.3 is 10.6 Å². The molecule has 20 heavy (non-hydrogen) atoms. The Hall–Kier alpha value is -0.450. The number of nitrogens with zero attached hydrogens (tertiary/aromatic N) is 1. The summed E-state index contributed by atoms with van der Waals surface area (Å²) in [6.45, 7) is 13.4. The molecule has 0 amide bonds. The van der Waals surface area contributed by atoms with Crippen LogP contribution in [0, 0.1) is 12.8 Å². The minimum absolute atomic E-state index is 0.0665. The summed E-state index contributed by atoms with van der Waals surface area (Å²) < 4.78 is 0. The molecule has 1 aliphatic rings. The van der Waals surface area contributed by atoms with Crippen LogP contribution in [0.4, 0.5) is 0 Å². The highest BCUT2D eigenvalue weighted by Crippen LogP contribution is 2.40. The van der Waals surface area contributed by atoms with Crippen molar-refractivity contribution in [1.29, 1.82) is 0 Å². The quantitative estimate of drug-likeness (QED) is 0.876. The SMILES string of the molecule is CCc1nc(C2(NC(C)C)CCNCC2CC)sc1C. The number of thiazole rings is 1. The van der Waals surface area contributed by atoms with E-state index in [0.29, 0.717) is 12.0 Å². The molecular formula is C16H29N3S. The smallest absolute Gasteiger partial charge is 0.114 e. The van der Waals surface area contributed by atoms with Crippen molar-refractivity contribution in [3.63, 3.8) is 0 Å². The fourth-order valence-corrected chi connectivity index (χ4v) is 4.69. The highest BCUT2D eigenvalue weighted by molar-refractivity contribution is 7.11. The van der Waals surface area contributed by atoms with Crippen molar-refractivity contribution in [1.82, 2.24) is 15.6 Å². The molecule has 0 aromatic carbocycles. The van der Waals surface area contributed by atoms with Gasteiger partial charge in [-0.25, -0.2) is 4.98 Å². The molecule has 0 radical (unpaired) electrons. The van der Waals surface area contributed by atoms with E-state index in [1.807, 2.05) is 11.3 Å². The summed E-state index contributed by atoms with van der Waals surface area (Å²) in [4.78, 5) is 6.39. The van der Waals surface area contributed by atoms with Crippen LogP contribution in [0.2, 0.25) is 0 Å². The summed E-state index contributed by atoms with van der Waals surface area (Å²) in [6, 6.07) is 0.483. The lowest BCUT2D eigenvalue weighted by atomic mass is 9.76. The number of piperidine rings is 1. The monoisotopic (exact) mass is 295 g/mol. The van der Waals surface area contributed by atoms with Gasteiger partial charge in [0.2, 0.25) is 0 Å². The van der Waals surface area contributed by atoms with E-state index in [2.05, 4.69) is 45.3 Å². The number of nitrogens with one attached hydrogen (secondary N) is 2.